The van der Waals surface area contributed by atoms with E-state index < -0.39 is 17.9 Å². The van der Waals surface area contributed by atoms with Gasteiger partial charge in [-0.05, 0) is 37.8 Å². The molecule has 2 fully saturated rings. The monoisotopic (exact) mass is 506 g/mol. The van der Waals surface area contributed by atoms with E-state index in [0.29, 0.717) is 33.6 Å². The number of hydrogen-bond acceptors (Lipinski definition) is 8. The summed E-state index contributed by atoms with van der Waals surface area (Å²) in [6.07, 6.45) is 5.15. The van der Waals surface area contributed by atoms with E-state index in [1.165, 1.54) is 17.5 Å². The molecule has 11 heteroatoms. The number of carboxylic acid groups (broad SMARTS) is 2. The smallest absolute Gasteiger partial charge is 0.344 e. The van der Waals surface area contributed by atoms with Gasteiger partial charge in [0.25, 0.3) is 5.56 Å². The van der Waals surface area contributed by atoms with E-state index in [-0.39, 0.29) is 23.8 Å². The van der Waals surface area contributed by atoms with Crippen molar-refractivity contribution >= 4 is 34.4 Å². The van der Waals surface area contributed by atoms with Crippen molar-refractivity contribution < 1.29 is 29.3 Å². The quantitative estimate of drug-likeness (QED) is 0.174. The molecular formula is C26H26N4O7. The van der Waals surface area contributed by atoms with E-state index in [0.717, 1.165) is 18.9 Å². The van der Waals surface area contributed by atoms with Gasteiger partial charge in [-0.15, -0.1) is 0 Å². The fourth-order valence-corrected chi connectivity index (χ4v) is 3.67. The zero-order valence-corrected chi connectivity index (χ0v) is 19.8. The Balaban J connectivity index is 0.000000149. The van der Waals surface area contributed by atoms with Gasteiger partial charge < -0.3 is 14.9 Å². The van der Waals surface area contributed by atoms with Gasteiger partial charge in [0.05, 0.1) is 35.2 Å². The summed E-state index contributed by atoms with van der Waals surface area (Å²) in [7, 11) is 0. The first-order valence-electron chi connectivity index (χ1n) is 11.7. The van der Waals surface area contributed by atoms with Crippen molar-refractivity contribution in [2.45, 2.75) is 44.2 Å². The van der Waals surface area contributed by atoms with E-state index in [4.69, 9.17) is 20.8 Å². The van der Waals surface area contributed by atoms with Gasteiger partial charge in [0.15, 0.2) is 0 Å². The molecule has 0 bridgehead atoms. The number of aliphatic carboxylic acids is 2. The van der Waals surface area contributed by atoms with Crippen LogP contribution in [0.15, 0.2) is 59.4 Å². The van der Waals surface area contributed by atoms with E-state index in [2.05, 4.69) is 10.5 Å². The van der Waals surface area contributed by atoms with Crippen LogP contribution < -0.4 is 16.8 Å². The molecule has 1 aromatic heterocycles. The molecule has 192 valence electrons. The number of hydrogen-bond donors (Lipinski definition) is 4. The second-order valence-electron chi connectivity index (χ2n) is 8.77. The molecule has 0 radical (unpaired) electrons. The lowest BCUT2D eigenvalue weighted by Crippen LogP contribution is -2.24. The highest BCUT2D eigenvalue weighted by Crippen LogP contribution is 2.33. The topological polar surface area (TPSA) is 174 Å². The Labute approximate surface area is 211 Å². The van der Waals surface area contributed by atoms with Crippen LogP contribution in [0.25, 0.3) is 16.5 Å². The van der Waals surface area contributed by atoms with Crippen molar-refractivity contribution in [1.82, 2.24) is 15.2 Å². The van der Waals surface area contributed by atoms with Gasteiger partial charge in [0, 0.05) is 17.0 Å². The summed E-state index contributed by atoms with van der Waals surface area (Å²) in [6, 6.07) is 14.5. The lowest BCUT2D eigenvalue weighted by Gasteiger charge is -2.08. The molecule has 5 N–H and O–H groups in total. The van der Waals surface area contributed by atoms with Crippen LogP contribution in [0.2, 0.25) is 0 Å². The van der Waals surface area contributed by atoms with Crippen molar-refractivity contribution in [2.75, 3.05) is 0 Å². The maximum absolute atomic E-state index is 12.2. The predicted octanol–water partition coefficient (Wildman–Crippen LogP) is 2.25. The van der Waals surface area contributed by atoms with Gasteiger partial charge >= 0.3 is 17.9 Å². The molecule has 2 saturated carbocycles. The van der Waals surface area contributed by atoms with Crippen LogP contribution in [0, 0.1) is 0 Å². The van der Waals surface area contributed by atoms with Crippen LogP contribution in [-0.4, -0.2) is 43.9 Å². The number of fused-ring (bicyclic) bond motifs is 2. The molecule has 0 spiro atoms. The zero-order valence-electron chi connectivity index (χ0n) is 19.8. The minimum absolute atomic E-state index is 0.0955. The minimum Gasteiger partial charge on any atom is -0.481 e. The number of carbonyl (C=O) groups excluding carboxylic acids is 1. The Morgan fingerprint density at radius 2 is 1.62 bits per heavy atom. The number of carboxylic acids is 2. The SMILES string of the molecule is NNC1CC1.O=C(O)C=C1OC(=O)c2ccccc21.O=C(O)Cc1nn(C2CC2)c(=O)c2ccccc12. The first-order valence-corrected chi connectivity index (χ1v) is 11.7. The summed E-state index contributed by atoms with van der Waals surface area (Å²) < 4.78 is 6.23. The number of hydrazine groups is 1. The highest BCUT2D eigenvalue weighted by atomic mass is 16.5. The average Bonchev–Trinajstić information content (AvgIpc) is 3.80. The zero-order chi connectivity index (χ0) is 26.5. The molecule has 0 unspecified atom stereocenters. The highest BCUT2D eigenvalue weighted by molar-refractivity contribution is 6.05. The number of rotatable bonds is 5. The summed E-state index contributed by atoms with van der Waals surface area (Å²) in [6.45, 7) is 0. The molecule has 2 aromatic carbocycles. The van der Waals surface area contributed by atoms with Gasteiger partial charge in [-0.3, -0.25) is 20.9 Å². The lowest BCUT2D eigenvalue weighted by molar-refractivity contribution is -0.136. The lowest BCUT2D eigenvalue weighted by atomic mass is 10.1. The van der Waals surface area contributed by atoms with E-state index in [1.807, 2.05) is 0 Å². The Bertz CT molecular complexity index is 1440. The van der Waals surface area contributed by atoms with Crippen LogP contribution in [0.4, 0.5) is 0 Å². The van der Waals surface area contributed by atoms with Crippen LogP contribution in [-0.2, 0) is 20.7 Å². The number of aromatic nitrogens is 2. The van der Waals surface area contributed by atoms with Crippen molar-refractivity contribution in [2.24, 2.45) is 5.84 Å². The first kappa shape index (κ1) is 25.7. The summed E-state index contributed by atoms with van der Waals surface area (Å²) in [4.78, 5) is 44.7. The Kier molecular flexibility index (Phi) is 7.75. The summed E-state index contributed by atoms with van der Waals surface area (Å²) in [5.74, 6) is 2.50. The molecule has 2 heterocycles. The number of nitrogens with two attached hydrogens (primary N) is 1. The number of benzene rings is 2. The number of carbonyl (C=O) groups is 3. The molecule has 1 aliphatic heterocycles. The minimum atomic E-state index is -1.13. The van der Waals surface area contributed by atoms with Crippen LogP contribution in [0.5, 0.6) is 0 Å². The largest absolute Gasteiger partial charge is 0.481 e. The van der Waals surface area contributed by atoms with Crippen molar-refractivity contribution in [3.05, 3.63) is 81.8 Å². The summed E-state index contributed by atoms with van der Waals surface area (Å²) in [5.41, 5.74) is 3.91. The van der Waals surface area contributed by atoms with Gasteiger partial charge in [-0.2, -0.15) is 5.10 Å². The molecule has 11 nitrogen and oxygen atoms in total. The fraction of sp³-hybridized carbons (Fsp3) is 0.269. The van der Waals surface area contributed by atoms with Crippen LogP contribution >= 0.6 is 0 Å². The summed E-state index contributed by atoms with van der Waals surface area (Å²) >= 11 is 0. The molecule has 2 aliphatic carbocycles. The maximum atomic E-state index is 12.2. The van der Waals surface area contributed by atoms with Crippen molar-refractivity contribution in [1.29, 1.82) is 0 Å². The van der Waals surface area contributed by atoms with E-state index >= 15 is 0 Å². The van der Waals surface area contributed by atoms with Crippen molar-refractivity contribution in [3.8, 4) is 0 Å². The Morgan fingerprint density at radius 3 is 2.16 bits per heavy atom. The van der Waals surface area contributed by atoms with Crippen molar-refractivity contribution in [3.63, 3.8) is 0 Å². The highest BCUT2D eigenvalue weighted by Gasteiger charge is 2.28. The number of ether oxygens (including phenoxy) is 1. The third-order valence-electron chi connectivity index (χ3n) is 5.80. The third kappa shape index (κ3) is 6.46. The standard InChI is InChI=1S/C13H12N2O3.C10H6O4.C3H8N2/c16-12(17)7-11-9-3-1-2-4-10(9)13(18)15(14-11)8-5-6-8;11-9(12)5-8-6-3-1-2-4-7(6)10(13)14-8;4-5-3-1-2-3/h1-4,8H,5-7H2,(H,16,17);1-5H,(H,11,12);3,5H,1-2,4H2. The molecule has 3 aliphatic rings. The summed E-state index contributed by atoms with van der Waals surface area (Å²) in [5, 5.41) is 22.8. The number of cyclic esters (lactones) is 1. The number of nitrogens with one attached hydrogen (secondary N) is 1. The second-order valence-corrected chi connectivity index (χ2v) is 8.77. The third-order valence-corrected chi connectivity index (χ3v) is 5.80. The normalized spacial score (nSPS) is 16.7. The molecule has 0 saturated heterocycles. The van der Waals surface area contributed by atoms with E-state index in [9.17, 15) is 19.2 Å². The van der Waals surface area contributed by atoms with Crippen LogP contribution in [0.3, 0.4) is 0 Å². The molecule has 37 heavy (non-hydrogen) atoms. The van der Waals surface area contributed by atoms with Gasteiger partial charge in [0.2, 0.25) is 0 Å². The number of esters is 1. The molecule has 0 atom stereocenters. The van der Waals surface area contributed by atoms with Gasteiger partial charge in [-0.1, -0.05) is 36.4 Å². The molecule has 0 amide bonds. The van der Waals surface area contributed by atoms with Crippen LogP contribution in [0.1, 0.15) is 53.3 Å². The fourth-order valence-electron chi connectivity index (χ4n) is 3.67. The number of nitrogens with zero attached hydrogens (tertiary/aromatic N) is 2. The molecule has 6 rings (SSSR count). The van der Waals surface area contributed by atoms with Gasteiger partial charge in [-0.25, -0.2) is 14.3 Å². The maximum Gasteiger partial charge on any atom is 0.344 e. The Hall–Kier alpha value is -4.35. The molecule has 3 aromatic rings. The second kappa shape index (κ2) is 11.1. The first-order chi connectivity index (χ1) is 17.8. The average molecular weight is 507 g/mol. The molecular weight excluding hydrogens is 480 g/mol. The Morgan fingerprint density at radius 1 is 1.00 bits per heavy atom. The predicted molar refractivity (Wildman–Crippen MR) is 133 cm³/mol. The van der Waals surface area contributed by atoms with Gasteiger partial charge in [0.1, 0.15) is 5.76 Å². The van der Waals surface area contributed by atoms with E-state index in [1.54, 1.807) is 48.5 Å².